The van der Waals surface area contributed by atoms with Gasteiger partial charge in [0, 0.05) is 12.7 Å². The lowest BCUT2D eigenvalue weighted by Gasteiger charge is -2.24. The summed E-state index contributed by atoms with van der Waals surface area (Å²) in [6.45, 7) is 2.99. The Bertz CT molecular complexity index is 1420. The van der Waals surface area contributed by atoms with Crippen molar-refractivity contribution in [2.75, 3.05) is 11.4 Å². The number of fused-ring (bicyclic) bond motifs is 2. The molecule has 0 radical (unpaired) electrons. The monoisotopic (exact) mass is 418 g/mol. The minimum Gasteiger partial charge on any atom is -0.347 e. The molecule has 0 spiro atoms. The highest BCUT2D eigenvalue weighted by Crippen LogP contribution is 2.22. The topological polar surface area (TPSA) is 97.0 Å². The molecule has 0 bridgehead atoms. The molecule has 0 unspecified atom stereocenters. The van der Waals surface area contributed by atoms with Crippen LogP contribution in [-0.4, -0.2) is 40.7 Å². The van der Waals surface area contributed by atoms with Gasteiger partial charge in [0.2, 0.25) is 0 Å². The second-order valence-corrected chi connectivity index (χ2v) is 7.07. The summed E-state index contributed by atoms with van der Waals surface area (Å²) in [4.78, 5) is 31.2. The summed E-state index contributed by atoms with van der Waals surface area (Å²) in [5.74, 6) is 0.519. The Labute approximate surface area is 175 Å². The van der Waals surface area contributed by atoms with Gasteiger partial charge in [-0.1, -0.05) is 25.1 Å². The normalized spacial score (nSPS) is 11.4. The SMILES string of the molecule is CCCN(Cc1nn2ccc(F)c2c(=O)n1-c1ccccc1)c1ncnc2nc[nH]c12. The number of hydrogen-bond acceptors (Lipinski definition) is 6. The van der Waals surface area contributed by atoms with Crippen LogP contribution in [0.2, 0.25) is 0 Å². The van der Waals surface area contributed by atoms with Gasteiger partial charge in [0.1, 0.15) is 11.8 Å². The molecule has 9 nitrogen and oxygen atoms in total. The Morgan fingerprint density at radius 2 is 1.97 bits per heavy atom. The molecule has 0 aliphatic heterocycles. The zero-order valence-corrected chi connectivity index (χ0v) is 16.7. The lowest BCUT2D eigenvalue weighted by atomic mass is 10.3. The molecule has 0 saturated heterocycles. The number of rotatable bonds is 6. The van der Waals surface area contributed by atoms with Gasteiger partial charge in [-0.25, -0.2) is 23.9 Å². The first kappa shape index (κ1) is 18.9. The van der Waals surface area contributed by atoms with Crippen LogP contribution in [-0.2, 0) is 6.54 Å². The van der Waals surface area contributed by atoms with Gasteiger partial charge >= 0.3 is 0 Å². The van der Waals surface area contributed by atoms with Crippen molar-refractivity contribution in [3.05, 3.63) is 77.2 Å². The number of aromatic amines is 1. The molecule has 10 heteroatoms. The molecular formula is C21H19FN8O. The molecule has 0 amide bonds. The summed E-state index contributed by atoms with van der Waals surface area (Å²) < 4.78 is 17.1. The van der Waals surface area contributed by atoms with Gasteiger partial charge in [-0.15, -0.1) is 0 Å². The smallest absolute Gasteiger partial charge is 0.285 e. The van der Waals surface area contributed by atoms with E-state index in [2.05, 4.69) is 32.0 Å². The molecule has 5 rings (SSSR count). The van der Waals surface area contributed by atoms with Gasteiger partial charge in [0.05, 0.1) is 18.6 Å². The Balaban J connectivity index is 1.70. The Morgan fingerprint density at radius 1 is 1.13 bits per heavy atom. The summed E-state index contributed by atoms with van der Waals surface area (Å²) in [6, 6.07) is 10.3. The van der Waals surface area contributed by atoms with Crippen LogP contribution in [0.1, 0.15) is 19.2 Å². The first-order valence-corrected chi connectivity index (χ1v) is 9.90. The first-order chi connectivity index (χ1) is 15.2. The third-order valence-electron chi connectivity index (χ3n) is 5.05. The number of hydrogen-bond donors (Lipinski definition) is 1. The van der Waals surface area contributed by atoms with E-state index in [1.54, 1.807) is 18.5 Å². The van der Waals surface area contributed by atoms with Crippen LogP contribution in [0.4, 0.5) is 10.2 Å². The fourth-order valence-corrected chi connectivity index (χ4v) is 3.71. The number of nitrogens with zero attached hydrogens (tertiary/aromatic N) is 7. The summed E-state index contributed by atoms with van der Waals surface area (Å²) in [5.41, 5.74) is 1.32. The number of imidazole rings is 1. The van der Waals surface area contributed by atoms with E-state index in [1.807, 2.05) is 23.1 Å². The van der Waals surface area contributed by atoms with Crippen molar-refractivity contribution in [1.29, 1.82) is 0 Å². The molecule has 0 atom stereocenters. The van der Waals surface area contributed by atoms with E-state index in [-0.39, 0.29) is 12.1 Å². The first-order valence-electron chi connectivity index (χ1n) is 9.90. The molecule has 5 aromatic rings. The largest absolute Gasteiger partial charge is 0.347 e. The van der Waals surface area contributed by atoms with Crippen LogP contribution >= 0.6 is 0 Å². The van der Waals surface area contributed by atoms with Crippen LogP contribution in [0, 0.1) is 5.82 Å². The Morgan fingerprint density at radius 3 is 2.77 bits per heavy atom. The number of para-hydroxylation sites is 1. The molecule has 1 aromatic carbocycles. The lowest BCUT2D eigenvalue weighted by molar-refractivity contribution is 0.627. The Hall–Kier alpha value is -4.08. The van der Waals surface area contributed by atoms with E-state index in [1.165, 1.54) is 27.7 Å². The van der Waals surface area contributed by atoms with Crippen molar-refractivity contribution in [2.45, 2.75) is 19.9 Å². The minimum atomic E-state index is -0.603. The van der Waals surface area contributed by atoms with E-state index in [0.29, 0.717) is 35.0 Å². The van der Waals surface area contributed by atoms with Crippen LogP contribution in [0.3, 0.4) is 0 Å². The zero-order chi connectivity index (χ0) is 21.4. The standard InChI is InChI=1S/C21H19FN8O/c1-2-9-28(20-17-19(24-12-23-17)25-13-26-20)11-16-27-29-10-8-15(22)18(29)21(31)30(16)14-6-4-3-5-7-14/h3-8,10,12-13H,2,9,11H2,1H3,(H,23,24,25,26). The van der Waals surface area contributed by atoms with Gasteiger partial charge < -0.3 is 9.88 Å². The fourth-order valence-electron chi connectivity index (χ4n) is 3.71. The van der Waals surface area contributed by atoms with Crippen molar-refractivity contribution < 1.29 is 4.39 Å². The summed E-state index contributed by atoms with van der Waals surface area (Å²) in [5, 5.41) is 4.58. The van der Waals surface area contributed by atoms with Crippen molar-refractivity contribution in [3.63, 3.8) is 0 Å². The van der Waals surface area contributed by atoms with E-state index >= 15 is 0 Å². The second-order valence-electron chi connectivity index (χ2n) is 7.07. The van der Waals surface area contributed by atoms with E-state index < -0.39 is 11.4 Å². The molecule has 4 aromatic heterocycles. The minimum absolute atomic E-state index is 0.0901. The van der Waals surface area contributed by atoms with E-state index in [9.17, 15) is 9.18 Å². The van der Waals surface area contributed by atoms with Gasteiger partial charge in [-0.2, -0.15) is 5.10 Å². The molecule has 0 aliphatic rings. The van der Waals surface area contributed by atoms with Crippen molar-refractivity contribution in [1.82, 2.24) is 34.1 Å². The predicted molar refractivity (Wildman–Crippen MR) is 114 cm³/mol. The number of anilines is 1. The van der Waals surface area contributed by atoms with Crippen LogP contribution in [0.25, 0.3) is 22.4 Å². The third kappa shape index (κ3) is 3.21. The van der Waals surface area contributed by atoms with Crippen molar-refractivity contribution in [3.8, 4) is 5.69 Å². The molecular weight excluding hydrogens is 399 g/mol. The number of nitrogens with one attached hydrogen (secondary N) is 1. The highest BCUT2D eigenvalue weighted by molar-refractivity contribution is 5.82. The second kappa shape index (κ2) is 7.63. The lowest BCUT2D eigenvalue weighted by Crippen LogP contribution is -2.33. The number of halogens is 1. The Kier molecular flexibility index (Phi) is 4.66. The highest BCUT2D eigenvalue weighted by atomic mass is 19.1. The fraction of sp³-hybridized carbons (Fsp3) is 0.190. The maximum Gasteiger partial charge on any atom is 0.285 e. The highest BCUT2D eigenvalue weighted by Gasteiger charge is 2.20. The predicted octanol–water partition coefficient (Wildman–Crippen LogP) is 2.71. The molecule has 4 heterocycles. The number of benzene rings is 1. The molecule has 156 valence electrons. The average molecular weight is 418 g/mol. The van der Waals surface area contributed by atoms with Crippen LogP contribution in [0.15, 0.2) is 60.0 Å². The van der Waals surface area contributed by atoms with Gasteiger partial charge in [0.25, 0.3) is 5.56 Å². The maximum atomic E-state index is 14.3. The van der Waals surface area contributed by atoms with Crippen LogP contribution in [0.5, 0.6) is 0 Å². The number of aromatic nitrogens is 7. The maximum absolute atomic E-state index is 14.3. The van der Waals surface area contributed by atoms with Crippen molar-refractivity contribution >= 4 is 22.5 Å². The molecule has 0 fully saturated rings. The zero-order valence-electron chi connectivity index (χ0n) is 16.7. The quantitative estimate of drug-likeness (QED) is 0.455. The van der Waals surface area contributed by atoms with Crippen LogP contribution < -0.4 is 10.5 Å². The number of H-pyrrole nitrogens is 1. The summed E-state index contributed by atoms with van der Waals surface area (Å²) >= 11 is 0. The third-order valence-corrected chi connectivity index (χ3v) is 5.05. The van der Waals surface area contributed by atoms with E-state index in [0.717, 1.165) is 6.42 Å². The van der Waals surface area contributed by atoms with Gasteiger partial charge in [-0.3, -0.25) is 9.36 Å². The van der Waals surface area contributed by atoms with Gasteiger partial charge in [-0.05, 0) is 24.6 Å². The molecule has 0 saturated carbocycles. The molecule has 31 heavy (non-hydrogen) atoms. The summed E-state index contributed by atoms with van der Waals surface area (Å²) in [6.07, 6.45) is 5.33. The van der Waals surface area contributed by atoms with Crippen molar-refractivity contribution in [2.24, 2.45) is 0 Å². The average Bonchev–Trinajstić information content (AvgIpc) is 3.41. The van der Waals surface area contributed by atoms with E-state index in [4.69, 9.17) is 0 Å². The summed E-state index contributed by atoms with van der Waals surface area (Å²) in [7, 11) is 0. The molecule has 0 aliphatic carbocycles. The van der Waals surface area contributed by atoms with Gasteiger partial charge in [0.15, 0.2) is 28.6 Å². The molecule has 1 N–H and O–H groups in total.